The number of rotatable bonds is 12. The van der Waals surface area contributed by atoms with E-state index >= 15 is 0 Å². The summed E-state index contributed by atoms with van der Waals surface area (Å²) < 4.78 is -0.706. The highest BCUT2D eigenvalue weighted by Gasteiger charge is 2.76. The molecule has 3 aliphatic heterocycles. The number of hydrogen-bond acceptors (Lipinski definition) is 6. The molecule has 4 rings (SSSR count). The van der Waals surface area contributed by atoms with Gasteiger partial charge < -0.3 is 25.5 Å². The molecule has 1 aromatic rings. The minimum absolute atomic E-state index is 0.00250. The molecule has 2 bridgehead atoms. The summed E-state index contributed by atoms with van der Waals surface area (Å²) in [5, 5.41) is 16.6. The van der Waals surface area contributed by atoms with Crippen molar-refractivity contribution in [2.45, 2.75) is 82.9 Å². The summed E-state index contributed by atoms with van der Waals surface area (Å²) in [6, 6.07) is 6.56. The van der Waals surface area contributed by atoms with Gasteiger partial charge in [-0.3, -0.25) is 14.4 Å². The van der Waals surface area contributed by atoms with Crippen molar-refractivity contribution in [3.8, 4) is 0 Å². The van der Waals surface area contributed by atoms with E-state index in [1.807, 2.05) is 45.0 Å². The molecule has 3 aliphatic rings. The third-order valence-corrected chi connectivity index (χ3v) is 11.5. The highest BCUT2D eigenvalue weighted by atomic mass is 32.2. The zero-order valence-electron chi connectivity index (χ0n) is 24.3. The monoisotopic (exact) mass is 558 g/mol. The van der Waals surface area contributed by atoms with Crippen LogP contribution < -0.4 is 15.5 Å². The summed E-state index contributed by atoms with van der Waals surface area (Å²) in [6.07, 6.45) is 2.38. The van der Waals surface area contributed by atoms with Crippen LogP contribution in [0.2, 0.25) is 0 Å². The van der Waals surface area contributed by atoms with Gasteiger partial charge in [0.1, 0.15) is 6.04 Å². The largest absolute Gasteiger partial charge is 0.394 e. The first-order chi connectivity index (χ1) is 18.7. The second-order valence-electron chi connectivity index (χ2n) is 11.4. The molecule has 3 amide bonds. The number of anilines is 2. The number of carbonyl (C=O) groups excluding carboxylic acids is 3. The third-order valence-electron chi connectivity index (χ3n) is 9.39. The minimum Gasteiger partial charge on any atom is -0.394 e. The maximum Gasteiger partial charge on any atom is 0.248 e. The summed E-state index contributed by atoms with van der Waals surface area (Å²) in [6.45, 7) is 14.5. The van der Waals surface area contributed by atoms with Crippen LogP contribution in [0.25, 0.3) is 0 Å². The second kappa shape index (κ2) is 12.1. The van der Waals surface area contributed by atoms with E-state index in [4.69, 9.17) is 0 Å². The number of amides is 3. The summed E-state index contributed by atoms with van der Waals surface area (Å²) in [4.78, 5) is 45.8. The van der Waals surface area contributed by atoms with Crippen LogP contribution in [0.15, 0.2) is 24.3 Å². The zero-order valence-corrected chi connectivity index (χ0v) is 25.1. The normalized spacial score (nSPS) is 30.7. The number of likely N-dealkylation sites (tertiary alicyclic amines) is 1. The lowest BCUT2D eigenvalue weighted by Crippen LogP contribution is -2.58. The molecule has 1 spiro atoms. The van der Waals surface area contributed by atoms with Crippen molar-refractivity contribution in [3.05, 3.63) is 24.3 Å². The Hall–Kier alpha value is -2.26. The molecule has 8 nitrogen and oxygen atoms in total. The van der Waals surface area contributed by atoms with Gasteiger partial charge >= 0.3 is 0 Å². The molecule has 0 radical (unpaired) electrons. The summed E-state index contributed by atoms with van der Waals surface area (Å²) in [7, 11) is 0. The van der Waals surface area contributed by atoms with Crippen LogP contribution in [0.3, 0.4) is 0 Å². The fraction of sp³-hybridized carbons (Fsp3) is 0.700. The molecule has 0 aromatic heterocycles. The molecule has 9 heteroatoms. The molecule has 216 valence electrons. The van der Waals surface area contributed by atoms with E-state index in [1.165, 1.54) is 0 Å². The van der Waals surface area contributed by atoms with Crippen LogP contribution in [-0.2, 0) is 14.4 Å². The number of fused-ring (bicyclic) bond motifs is 1. The third kappa shape index (κ3) is 4.94. The lowest BCUT2D eigenvalue weighted by molar-refractivity contribution is -0.143. The molecule has 0 saturated carbocycles. The van der Waals surface area contributed by atoms with Gasteiger partial charge in [0, 0.05) is 36.3 Å². The molecule has 39 heavy (non-hydrogen) atoms. The second-order valence-corrected chi connectivity index (χ2v) is 13.0. The molecular weight excluding hydrogens is 512 g/mol. The van der Waals surface area contributed by atoms with Gasteiger partial charge in [-0.2, -0.15) is 0 Å². The number of benzene rings is 1. The summed E-state index contributed by atoms with van der Waals surface area (Å²) in [5.74, 6) is -1.44. The zero-order chi connectivity index (χ0) is 28.5. The number of nitrogens with zero attached hydrogens (tertiary/aromatic N) is 2. The number of aliphatic hydroxyl groups is 1. The lowest BCUT2D eigenvalue weighted by Gasteiger charge is -2.41. The fourth-order valence-corrected chi connectivity index (χ4v) is 9.56. The predicted octanol–water partition coefficient (Wildman–Crippen LogP) is 3.74. The molecule has 3 N–H and O–H groups in total. The Labute approximate surface area is 237 Å². The van der Waals surface area contributed by atoms with Gasteiger partial charge in [-0.05, 0) is 62.8 Å². The van der Waals surface area contributed by atoms with Crippen molar-refractivity contribution in [2.24, 2.45) is 23.7 Å². The maximum atomic E-state index is 14.3. The number of hydrogen-bond donors (Lipinski definition) is 3. The van der Waals surface area contributed by atoms with Gasteiger partial charge in [0.15, 0.2) is 0 Å². The van der Waals surface area contributed by atoms with Gasteiger partial charge in [0.25, 0.3) is 0 Å². The van der Waals surface area contributed by atoms with Crippen molar-refractivity contribution in [2.75, 3.05) is 36.5 Å². The smallest absolute Gasteiger partial charge is 0.248 e. The molecule has 3 heterocycles. The predicted molar refractivity (Wildman–Crippen MR) is 158 cm³/mol. The maximum absolute atomic E-state index is 14.3. The molecule has 3 unspecified atom stereocenters. The standard InChI is InChI=1S/C30H46N4O4S/c1-7-15-31-27(36)24-23-16-19(6)30(39-23)25(24)29(38)34(22(17-35)18(5)8-2)26(30)28(37)32-20-11-13-21(14-12-20)33(9-3)10-4/h11-14,18-19,22-26,35H,7-10,15-17H2,1-6H3,(H,31,36)(H,32,37)/t18-,19?,22-,23+,24-,25-,26?,30?/m0/s1. The lowest BCUT2D eigenvalue weighted by atomic mass is 9.66. The first kappa shape index (κ1) is 29.7. The van der Waals surface area contributed by atoms with Crippen molar-refractivity contribution in [3.63, 3.8) is 0 Å². The Bertz CT molecular complexity index is 1050. The van der Waals surface area contributed by atoms with E-state index in [0.717, 1.165) is 38.0 Å². The van der Waals surface area contributed by atoms with Crippen molar-refractivity contribution in [1.82, 2.24) is 10.2 Å². The van der Waals surface area contributed by atoms with Crippen LogP contribution in [0.1, 0.15) is 60.8 Å². The summed E-state index contributed by atoms with van der Waals surface area (Å²) >= 11 is 1.67. The quantitative estimate of drug-likeness (QED) is 0.361. The minimum atomic E-state index is -0.766. The summed E-state index contributed by atoms with van der Waals surface area (Å²) in [5.41, 5.74) is 1.76. The fourth-order valence-electron chi connectivity index (χ4n) is 7.15. The Balaban J connectivity index is 1.72. The number of carbonyl (C=O) groups is 3. The molecule has 3 saturated heterocycles. The Morgan fingerprint density at radius 3 is 2.38 bits per heavy atom. The molecule has 3 fully saturated rings. The molecule has 1 aromatic carbocycles. The van der Waals surface area contributed by atoms with Crippen molar-refractivity contribution in [1.29, 1.82) is 0 Å². The number of nitrogens with one attached hydrogen (secondary N) is 2. The Kier molecular flexibility index (Phi) is 9.21. The Morgan fingerprint density at radius 2 is 1.82 bits per heavy atom. The molecule has 0 aliphatic carbocycles. The first-order valence-electron chi connectivity index (χ1n) is 14.7. The van der Waals surface area contributed by atoms with Gasteiger partial charge in [0.05, 0.1) is 29.2 Å². The number of aliphatic hydroxyl groups excluding tert-OH is 1. The van der Waals surface area contributed by atoms with Gasteiger partial charge in [0.2, 0.25) is 17.7 Å². The van der Waals surface area contributed by atoms with Crippen LogP contribution in [0.4, 0.5) is 11.4 Å². The van der Waals surface area contributed by atoms with Gasteiger partial charge in [-0.25, -0.2) is 0 Å². The van der Waals surface area contributed by atoms with Crippen LogP contribution in [-0.4, -0.2) is 76.0 Å². The first-order valence-corrected chi connectivity index (χ1v) is 15.6. The van der Waals surface area contributed by atoms with Gasteiger partial charge in [-0.1, -0.05) is 34.1 Å². The average Bonchev–Trinajstić information content (AvgIpc) is 3.53. The van der Waals surface area contributed by atoms with Gasteiger partial charge in [-0.15, -0.1) is 11.8 Å². The highest BCUT2D eigenvalue weighted by Crippen LogP contribution is 2.69. The highest BCUT2D eigenvalue weighted by molar-refractivity contribution is 8.02. The van der Waals surface area contributed by atoms with E-state index < -0.39 is 28.7 Å². The topological polar surface area (TPSA) is 102 Å². The van der Waals surface area contributed by atoms with Crippen LogP contribution in [0, 0.1) is 23.7 Å². The van der Waals surface area contributed by atoms with E-state index in [2.05, 4.69) is 36.3 Å². The van der Waals surface area contributed by atoms with Crippen LogP contribution >= 0.6 is 11.8 Å². The Morgan fingerprint density at radius 1 is 1.15 bits per heavy atom. The van der Waals surface area contributed by atoms with E-state index in [-0.39, 0.29) is 41.4 Å². The van der Waals surface area contributed by atoms with E-state index in [9.17, 15) is 19.5 Å². The molecular formula is C30H46N4O4S. The van der Waals surface area contributed by atoms with E-state index in [1.54, 1.807) is 16.7 Å². The molecule has 8 atom stereocenters. The van der Waals surface area contributed by atoms with E-state index in [0.29, 0.717) is 12.2 Å². The average molecular weight is 559 g/mol. The number of thioether (sulfide) groups is 1. The van der Waals surface area contributed by atoms with Crippen LogP contribution in [0.5, 0.6) is 0 Å². The SMILES string of the molecule is CCCNC(=O)[C@@H]1[C@H]2C(=O)N([C@@H](CO)[C@@H](C)CC)C(C(=O)Nc3ccc(N(CC)CC)cc3)C23S[C@@H]1CC3C. The van der Waals surface area contributed by atoms with Crippen molar-refractivity contribution >= 4 is 40.9 Å². The van der Waals surface area contributed by atoms with Crippen molar-refractivity contribution < 1.29 is 19.5 Å².